The second-order valence-electron chi connectivity index (χ2n) is 9.04. The maximum absolute atomic E-state index is 13.8. The molecule has 0 bridgehead atoms. The molecule has 7 heteroatoms. The van der Waals surface area contributed by atoms with Gasteiger partial charge in [-0.2, -0.15) is 0 Å². The minimum atomic E-state index is -0.570. The Morgan fingerprint density at radius 3 is 2.81 bits per heavy atom. The van der Waals surface area contributed by atoms with Gasteiger partial charge >= 0.3 is 0 Å². The van der Waals surface area contributed by atoms with Gasteiger partial charge in [0.15, 0.2) is 0 Å². The molecule has 0 spiro atoms. The van der Waals surface area contributed by atoms with Crippen LogP contribution in [0.1, 0.15) is 29.3 Å². The average Bonchev–Trinajstić information content (AvgIpc) is 3.32. The van der Waals surface area contributed by atoms with Crippen molar-refractivity contribution in [3.05, 3.63) is 96.1 Å². The number of carbonyl (C=O) groups is 1. The number of H-pyrrole nitrogens is 1. The van der Waals surface area contributed by atoms with Crippen molar-refractivity contribution in [1.82, 2.24) is 15.3 Å². The number of para-hydroxylation sites is 1. The van der Waals surface area contributed by atoms with Gasteiger partial charge in [0.1, 0.15) is 11.6 Å². The Bertz CT molecular complexity index is 1560. The van der Waals surface area contributed by atoms with Crippen molar-refractivity contribution >= 4 is 27.7 Å². The van der Waals surface area contributed by atoms with Gasteiger partial charge in [0, 0.05) is 34.2 Å². The number of rotatable bonds is 9. The minimum Gasteiger partial charge on any atom is -0.493 e. The first-order valence-corrected chi connectivity index (χ1v) is 12.3. The van der Waals surface area contributed by atoms with Crippen LogP contribution in [0.4, 0.5) is 4.39 Å². The van der Waals surface area contributed by atoms with Gasteiger partial charge in [0.05, 0.1) is 30.3 Å². The lowest BCUT2D eigenvalue weighted by Crippen LogP contribution is -2.39. The van der Waals surface area contributed by atoms with Crippen LogP contribution in [0.3, 0.4) is 0 Å². The lowest BCUT2D eigenvalue weighted by atomic mass is 10.0. The van der Waals surface area contributed by atoms with E-state index in [0.717, 1.165) is 44.9 Å². The molecule has 0 saturated carbocycles. The first-order valence-electron chi connectivity index (χ1n) is 12.3. The highest BCUT2D eigenvalue weighted by Gasteiger charge is 2.20. The van der Waals surface area contributed by atoms with E-state index in [9.17, 15) is 14.3 Å². The quantitative estimate of drug-likeness (QED) is 0.246. The summed E-state index contributed by atoms with van der Waals surface area (Å²) >= 11 is 0. The number of aliphatic hydroxyl groups is 1. The number of aromatic amines is 1. The zero-order chi connectivity index (χ0) is 25.8. The number of aromatic nitrogens is 2. The number of halogens is 1. The van der Waals surface area contributed by atoms with Gasteiger partial charge in [-0.3, -0.25) is 9.78 Å². The van der Waals surface area contributed by atoms with Crippen LogP contribution in [0.15, 0.2) is 79.1 Å². The molecule has 0 aliphatic carbocycles. The molecule has 1 amide bonds. The van der Waals surface area contributed by atoms with Gasteiger partial charge in [-0.25, -0.2) is 4.39 Å². The standard InChI is InChI=1S/C30H28FN3O3/c1-2-11-37-29-10-7-19(21-12-20-5-3-4-6-27(20)32-16-21)14-26(29)30(36)34-24(18-35)13-22-17-33-28-9-8-23(31)15-25(22)28/h3-10,12,14-17,24,33,35H,2,11,13,18H2,1H3,(H,34,36). The topological polar surface area (TPSA) is 87.2 Å². The van der Waals surface area contributed by atoms with Crippen LogP contribution in [0.2, 0.25) is 0 Å². The van der Waals surface area contributed by atoms with Crippen LogP contribution < -0.4 is 10.1 Å². The monoisotopic (exact) mass is 497 g/mol. The summed E-state index contributed by atoms with van der Waals surface area (Å²) in [4.78, 5) is 21.1. The van der Waals surface area contributed by atoms with E-state index in [1.807, 2.05) is 43.3 Å². The van der Waals surface area contributed by atoms with E-state index in [1.165, 1.54) is 12.1 Å². The van der Waals surface area contributed by atoms with E-state index in [4.69, 9.17) is 4.74 Å². The molecule has 0 aliphatic heterocycles. The molecule has 0 radical (unpaired) electrons. The molecule has 3 N–H and O–H groups in total. The Labute approximate surface area is 214 Å². The van der Waals surface area contributed by atoms with E-state index < -0.39 is 6.04 Å². The molecule has 0 aliphatic rings. The molecule has 3 aromatic carbocycles. The molecule has 37 heavy (non-hydrogen) atoms. The summed E-state index contributed by atoms with van der Waals surface area (Å²) in [5.41, 5.74) is 4.60. The number of nitrogens with one attached hydrogen (secondary N) is 2. The number of ether oxygens (including phenoxy) is 1. The SMILES string of the molecule is CCCOc1ccc(-c2cnc3ccccc3c2)cc1C(=O)NC(CO)Cc1c[nH]c2ccc(F)cc12. The smallest absolute Gasteiger partial charge is 0.255 e. The Hall–Kier alpha value is -4.23. The fourth-order valence-corrected chi connectivity index (χ4v) is 4.46. The van der Waals surface area contributed by atoms with Gasteiger partial charge in [-0.1, -0.05) is 31.2 Å². The number of fused-ring (bicyclic) bond motifs is 2. The summed E-state index contributed by atoms with van der Waals surface area (Å²) in [6.45, 7) is 2.20. The molecule has 188 valence electrons. The van der Waals surface area contributed by atoms with Crippen molar-refractivity contribution < 1.29 is 19.0 Å². The summed E-state index contributed by atoms with van der Waals surface area (Å²) in [7, 11) is 0. The van der Waals surface area contributed by atoms with Crippen molar-refractivity contribution in [2.45, 2.75) is 25.8 Å². The lowest BCUT2D eigenvalue weighted by Gasteiger charge is -2.18. The molecule has 2 aromatic heterocycles. The summed E-state index contributed by atoms with van der Waals surface area (Å²) in [6, 6.07) is 19.4. The second kappa shape index (κ2) is 10.8. The van der Waals surface area contributed by atoms with Gasteiger partial charge in [-0.15, -0.1) is 0 Å². The van der Waals surface area contributed by atoms with Crippen molar-refractivity contribution in [2.75, 3.05) is 13.2 Å². The maximum atomic E-state index is 13.8. The molecule has 2 heterocycles. The third-order valence-electron chi connectivity index (χ3n) is 6.36. The van der Waals surface area contributed by atoms with E-state index in [1.54, 1.807) is 30.6 Å². The predicted molar refractivity (Wildman–Crippen MR) is 143 cm³/mol. The number of amides is 1. The van der Waals surface area contributed by atoms with Crippen LogP contribution in [0.5, 0.6) is 5.75 Å². The fraction of sp³-hybridized carbons (Fsp3) is 0.200. The summed E-state index contributed by atoms with van der Waals surface area (Å²) in [5.74, 6) is -0.217. The number of benzene rings is 3. The minimum absolute atomic E-state index is 0.271. The fourth-order valence-electron chi connectivity index (χ4n) is 4.46. The zero-order valence-electron chi connectivity index (χ0n) is 20.5. The molecule has 1 atom stereocenters. The second-order valence-corrected chi connectivity index (χ2v) is 9.04. The highest BCUT2D eigenvalue weighted by molar-refractivity contribution is 5.99. The van der Waals surface area contributed by atoms with Crippen LogP contribution in [0.25, 0.3) is 32.9 Å². The van der Waals surface area contributed by atoms with Gasteiger partial charge in [-0.05, 0) is 66.4 Å². The number of carbonyl (C=O) groups excluding carboxylic acids is 1. The van der Waals surface area contributed by atoms with Crippen molar-refractivity contribution in [2.24, 2.45) is 0 Å². The summed E-state index contributed by atoms with van der Waals surface area (Å²) in [5, 5.41) is 14.7. The van der Waals surface area contributed by atoms with E-state index in [0.29, 0.717) is 24.3 Å². The lowest BCUT2D eigenvalue weighted by molar-refractivity contribution is 0.0912. The predicted octanol–water partition coefficient (Wildman–Crippen LogP) is 5.64. The largest absolute Gasteiger partial charge is 0.493 e. The van der Waals surface area contributed by atoms with Crippen molar-refractivity contribution in [1.29, 1.82) is 0 Å². The van der Waals surface area contributed by atoms with E-state index in [2.05, 4.69) is 15.3 Å². The molecule has 5 aromatic rings. The Balaban J connectivity index is 1.43. The normalized spacial score (nSPS) is 12.1. The third-order valence-corrected chi connectivity index (χ3v) is 6.36. The summed E-state index contributed by atoms with van der Waals surface area (Å²) < 4.78 is 19.7. The molecule has 0 saturated heterocycles. The number of nitrogens with zero attached hydrogens (tertiary/aromatic N) is 1. The van der Waals surface area contributed by atoms with Crippen LogP contribution >= 0.6 is 0 Å². The zero-order valence-corrected chi connectivity index (χ0v) is 20.5. The first-order chi connectivity index (χ1) is 18.1. The molecule has 6 nitrogen and oxygen atoms in total. The molecule has 1 unspecified atom stereocenters. The molecule has 5 rings (SSSR count). The Kier molecular flexibility index (Phi) is 7.14. The number of aliphatic hydroxyl groups excluding tert-OH is 1. The summed E-state index contributed by atoms with van der Waals surface area (Å²) in [6.07, 6.45) is 4.71. The molecule has 0 fully saturated rings. The van der Waals surface area contributed by atoms with Crippen LogP contribution in [-0.4, -0.2) is 40.2 Å². The first kappa shape index (κ1) is 24.5. The van der Waals surface area contributed by atoms with E-state index >= 15 is 0 Å². The van der Waals surface area contributed by atoms with Crippen molar-refractivity contribution in [3.63, 3.8) is 0 Å². The van der Waals surface area contributed by atoms with Crippen LogP contribution in [-0.2, 0) is 6.42 Å². The number of pyridine rings is 1. The Morgan fingerprint density at radius 1 is 1.11 bits per heavy atom. The van der Waals surface area contributed by atoms with Gasteiger partial charge in [0.25, 0.3) is 5.91 Å². The van der Waals surface area contributed by atoms with Gasteiger partial charge < -0.3 is 20.1 Å². The highest BCUT2D eigenvalue weighted by atomic mass is 19.1. The van der Waals surface area contributed by atoms with Crippen LogP contribution in [0, 0.1) is 5.82 Å². The third kappa shape index (κ3) is 5.32. The highest BCUT2D eigenvalue weighted by Crippen LogP contribution is 2.29. The van der Waals surface area contributed by atoms with Crippen molar-refractivity contribution in [3.8, 4) is 16.9 Å². The van der Waals surface area contributed by atoms with Gasteiger partial charge in [0.2, 0.25) is 0 Å². The maximum Gasteiger partial charge on any atom is 0.255 e. The number of hydrogen-bond donors (Lipinski definition) is 3. The molecular weight excluding hydrogens is 469 g/mol. The average molecular weight is 498 g/mol. The Morgan fingerprint density at radius 2 is 1.97 bits per heavy atom. The number of hydrogen-bond acceptors (Lipinski definition) is 4. The molecular formula is C30H28FN3O3. The van der Waals surface area contributed by atoms with E-state index in [-0.39, 0.29) is 18.3 Å².